The van der Waals surface area contributed by atoms with Crippen molar-refractivity contribution in [2.45, 2.75) is 6.92 Å². The van der Waals surface area contributed by atoms with Gasteiger partial charge in [-0.15, -0.1) is 0 Å². The van der Waals surface area contributed by atoms with Gasteiger partial charge in [-0.25, -0.2) is 4.79 Å². The third-order valence-electron chi connectivity index (χ3n) is 2.94. The van der Waals surface area contributed by atoms with Crippen molar-refractivity contribution in [1.29, 1.82) is 0 Å². The van der Waals surface area contributed by atoms with Crippen molar-refractivity contribution in [3.63, 3.8) is 0 Å². The van der Waals surface area contributed by atoms with Crippen LogP contribution in [0.1, 0.15) is 6.92 Å². The van der Waals surface area contributed by atoms with E-state index in [4.69, 9.17) is 27.9 Å². The lowest BCUT2D eigenvalue weighted by atomic mass is 10.3. The highest BCUT2D eigenvalue weighted by Crippen LogP contribution is 2.29. The molecule has 0 radical (unpaired) electrons. The van der Waals surface area contributed by atoms with Crippen LogP contribution in [-0.4, -0.2) is 41.6 Å². The van der Waals surface area contributed by atoms with Gasteiger partial charge in [-0.1, -0.05) is 35.0 Å². The number of nitrogens with one attached hydrogen (secondary N) is 1. The molecule has 0 unspecified atom stereocenters. The van der Waals surface area contributed by atoms with Gasteiger partial charge in [0.25, 0.3) is 0 Å². The molecule has 2 rings (SSSR count). The molecule has 0 atom stereocenters. The first-order valence-electron chi connectivity index (χ1n) is 6.97. The quantitative estimate of drug-likeness (QED) is 0.619. The molecule has 1 heterocycles. The number of anilines is 1. The fourth-order valence-electron chi connectivity index (χ4n) is 1.90. The number of rotatable bonds is 5. The van der Waals surface area contributed by atoms with Crippen LogP contribution in [0.4, 0.5) is 5.69 Å². The average molecular weight is 389 g/mol. The van der Waals surface area contributed by atoms with E-state index in [2.05, 4.69) is 5.32 Å². The van der Waals surface area contributed by atoms with E-state index in [1.165, 1.54) is 28.8 Å². The van der Waals surface area contributed by atoms with Crippen molar-refractivity contribution >= 4 is 58.4 Å². The normalized spacial score (nSPS) is 15.7. The second-order valence-electron chi connectivity index (χ2n) is 4.68. The maximum Gasteiger partial charge on any atom is 0.333 e. The number of carbonyl (C=O) groups is 3. The lowest BCUT2D eigenvalue weighted by Gasteiger charge is -2.16. The summed E-state index contributed by atoms with van der Waals surface area (Å²) in [6, 6.07) is 4.67. The SMILES string of the molecule is CCOC(=O)/C=C1\SCC(=O)N1CC(=O)Nc1ccc(Cl)c(Cl)c1. The summed E-state index contributed by atoms with van der Waals surface area (Å²) in [7, 11) is 0. The molecule has 0 aliphatic carbocycles. The summed E-state index contributed by atoms with van der Waals surface area (Å²) in [5, 5.41) is 3.71. The number of esters is 1. The Balaban J connectivity index is 2.04. The zero-order valence-corrected chi connectivity index (χ0v) is 15.0. The summed E-state index contributed by atoms with van der Waals surface area (Å²) < 4.78 is 4.82. The first-order valence-corrected chi connectivity index (χ1v) is 8.71. The van der Waals surface area contributed by atoms with Crippen molar-refractivity contribution in [2.75, 3.05) is 24.2 Å². The molecule has 6 nitrogen and oxygen atoms in total. The lowest BCUT2D eigenvalue weighted by molar-refractivity contribution is -0.137. The van der Waals surface area contributed by atoms with E-state index >= 15 is 0 Å². The number of amides is 2. The van der Waals surface area contributed by atoms with E-state index in [1.54, 1.807) is 19.1 Å². The molecular formula is C15H14Cl2N2O4S. The first-order chi connectivity index (χ1) is 11.4. The predicted octanol–water partition coefficient (Wildman–Crippen LogP) is 2.91. The number of hydrogen-bond acceptors (Lipinski definition) is 5. The van der Waals surface area contributed by atoms with E-state index in [9.17, 15) is 14.4 Å². The minimum atomic E-state index is -0.551. The van der Waals surface area contributed by atoms with Crippen LogP contribution in [0.25, 0.3) is 0 Å². The molecule has 0 spiro atoms. The first kappa shape index (κ1) is 18.6. The van der Waals surface area contributed by atoms with Gasteiger partial charge in [0.2, 0.25) is 11.8 Å². The number of nitrogens with zero attached hydrogens (tertiary/aromatic N) is 1. The zero-order valence-electron chi connectivity index (χ0n) is 12.7. The van der Waals surface area contributed by atoms with Crippen LogP contribution in [-0.2, 0) is 19.1 Å². The van der Waals surface area contributed by atoms with E-state index in [0.29, 0.717) is 20.8 Å². The van der Waals surface area contributed by atoms with Crippen molar-refractivity contribution in [3.05, 3.63) is 39.3 Å². The summed E-state index contributed by atoms with van der Waals surface area (Å²) in [6.45, 7) is 1.71. The van der Waals surface area contributed by atoms with Gasteiger partial charge in [-0.3, -0.25) is 14.5 Å². The van der Waals surface area contributed by atoms with Gasteiger partial charge >= 0.3 is 5.97 Å². The molecule has 1 saturated heterocycles. The summed E-state index contributed by atoms with van der Waals surface area (Å²) in [4.78, 5) is 36.8. The standard InChI is InChI=1S/C15H14Cl2N2O4S/c1-2-23-15(22)6-14-19(13(21)8-24-14)7-12(20)18-9-3-4-10(16)11(17)5-9/h3-6H,2,7-8H2,1H3,(H,18,20)/b14-6-. The number of thioether (sulfide) groups is 1. The summed E-state index contributed by atoms with van der Waals surface area (Å²) in [5.41, 5.74) is 0.463. The van der Waals surface area contributed by atoms with Gasteiger partial charge in [0.1, 0.15) is 6.54 Å². The Hall–Kier alpha value is -1.70. The summed E-state index contributed by atoms with van der Waals surface area (Å²) in [5.74, 6) is -1.05. The Bertz CT molecular complexity index is 709. The molecule has 1 fully saturated rings. The average Bonchev–Trinajstić information content (AvgIpc) is 2.84. The molecule has 2 amide bonds. The Kier molecular flexibility index (Phi) is 6.53. The molecule has 1 aromatic rings. The zero-order chi connectivity index (χ0) is 17.7. The van der Waals surface area contributed by atoms with Crippen LogP contribution in [0.5, 0.6) is 0 Å². The maximum atomic E-state index is 12.1. The van der Waals surface area contributed by atoms with Crippen molar-refractivity contribution in [3.8, 4) is 0 Å². The number of halogens is 2. The molecule has 1 aliphatic heterocycles. The molecule has 0 saturated carbocycles. The molecule has 9 heteroatoms. The minimum absolute atomic E-state index is 0.172. The van der Waals surface area contributed by atoms with Gasteiger partial charge in [0.15, 0.2) is 0 Å². The van der Waals surface area contributed by atoms with Crippen LogP contribution in [0.3, 0.4) is 0 Å². The number of hydrogen-bond donors (Lipinski definition) is 1. The van der Waals surface area contributed by atoms with Crippen LogP contribution >= 0.6 is 35.0 Å². The topological polar surface area (TPSA) is 75.7 Å². The van der Waals surface area contributed by atoms with Gasteiger partial charge in [-0.2, -0.15) is 0 Å². The lowest BCUT2D eigenvalue weighted by Crippen LogP contribution is -2.34. The van der Waals surface area contributed by atoms with Gasteiger partial charge in [0, 0.05) is 5.69 Å². The summed E-state index contributed by atoms with van der Waals surface area (Å²) in [6.07, 6.45) is 1.21. The monoisotopic (exact) mass is 388 g/mol. The molecule has 0 bridgehead atoms. The third kappa shape index (κ3) is 4.90. The molecule has 0 aromatic heterocycles. The Morgan fingerprint density at radius 1 is 1.38 bits per heavy atom. The fraction of sp³-hybridized carbons (Fsp3) is 0.267. The van der Waals surface area contributed by atoms with E-state index < -0.39 is 11.9 Å². The van der Waals surface area contributed by atoms with E-state index in [1.807, 2.05) is 0 Å². The maximum absolute atomic E-state index is 12.1. The Morgan fingerprint density at radius 2 is 2.12 bits per heavy atom. The smallest absolute Gasteiger partial charge is 0.333 e. The number of ether oxygens (including phenoxy) is 1. The van der Waals surface area contributed by atoms with E-state index in [-0.39, 0.29) is 24.8 Å². The van der Waals surface area contributed by atoms with Crippen LogP contribution in [0.15, 0.2) is 29.3 Å². The third-order valence-corrected chi connectivity index (χ3v) is 4.71. The van der Waals surface area contributed by atoms with Crippen molar-refractivity contribution in [2.24, 2.45) is 0 Å². The minimum Gasteiger partial charge on any atom is -0.463 e. The van der Waals surface area contributed by atoms with Crippen LogP contribution < -0.4 is 5.32 Å². The summed E-state index contributed by atoms with van der Waals surface area (Å²) >= 11 is 12.9. The molecule has 128 valence electrons. The Labute approximate surface area is 153 Å². The van der Waals surface area contributed by atoms with Gasteiger partial charge < -0.3 is 10.1 Å². The Morgan fingerprint density at radius 3 is 2.79 bits per heavy atom. The number of carbonyl (C=O) groups excluding carboxylic acids is 3. The molecule has 1 aliphatic rings. The molecular weight excluding hydrogens is 375 g/mol. The van der Waals surface area contributed by atoms with Gasteiger partial charge in [-0.05, 0) is 25.1 Å². The molecule has 1 aromatic carbocycles. The van der Waals surface area contributed by atoms with Crippen molar-refractivity contribution in [1.82, 2.24) is 4.90 Å². The molecule has 1 N–H and O–H groups in total. The second kappa shape index (κ2) is 8.41. The molecule has 24 heavy (non-hydrogen) atoms. The largest absolute Gasteiger partial charge is 0.463 e. The highest BCUT2D eigenvalue weighted by molar-refractivity contribution is 8.04. The van der Waals surface area contributed by atoms with Gasteiger partial charge in [0.05, 0.1) is 33.5 Å². The van der Waals surface area contributed by atoms with Crippen LogP contribution in [0.2, 0.25) is 10.0 Å². The number of benzene rings is 1. The van der Waals surface area contributed by atoms with E-state index in [0.717, 1.165) is 0 Å². The second-order valence-corrected chi connectivity index (χ2v) is 6.49. The highest BCUT2D eigenvalue weighted by Gasteiger charge is 2.29. The van der Waals surface area contributed by atoms with Crippen molar-refractivity contribution < 1.29 is 19.1 Å². The predicted molar refractivity (Wildman–Crippen MR) is 94.0 cm³/mol. The fourth-order valence-corrected chi connectivity index (χ4v) is 3.13. The van der Waals surface area contributed by atoms with Crippen LogP contribution in [0, 0.1) is 0 Å². The highest BCUT2D eigenvalue weighted by atomic mass is 35.5.